The maximum Gasteiger partial charge on any atom is 0.306 e. The molecular weight excluding hydrogens is 877 g/mol. The molecule has 0 aromatic carbocycles. The third kappa shape index (κ3) is 28.1. The van der Waals surface area contributed by atoms with Crippen LogP contribution in [0.1, 0.15) is 206 Å². The molecule has 0 radical (unpaired) electrons. The Morgan fingerprint density at radius 3 is 1.31 bits per heavy atom. The lowest BCUT2D eigenvalue weighted by molar-refractivity contribution is -0.332. The highest BCUT2D eigenvalue weighted by Gasteiger charge is 2.47. The number of carbonyl (C=O) groups excluding carboxylic acids is 2. The molecule has 4 unspecified atom stereocenters. The molecule has 398 valence electrons. The first-order valence-electron chi connectivity index (χ1n) is 26.9. The van der Waals surface area contributed by atoms with Gasteiger partial charge in [-0.15, -0.1) is 0 Å². The molecule has 0 aliphatic carbocycles. The Morgan fingerprint density at radius 2 is 0.838 bits per heavy atom. The summed E-state index contributed by atoms with van der Waals surface area (Å²) >= 11 is 0. The number of carbonyl (C=O) groups is 2. The van der Waals surface area contributed by atoms with Crippen LogP contribution in [0.15, 0.2) is 24.3 Å². The summed E-state index contributed by atoms with van der Waals surface area (Å²) in [6.45, 7) is 2.58. The molecule has 0 spiro atoms. The molecule has 2 aliphatic rings. The Bertz CT molecular complexity index is 1280. The van der Waals surface area contributed by atoms with Crippen molar-refractivity contribution in [2.24, 2.45) is 0 Å². The first-order valence-corrected chi connectivity index (χ1v) is 26.9. The van der Waals surface area contributed by atoms with Crippen molar-refractivity contribution < 1.29 is 73.8 Å². The van der Waals surface area contributed by atoms with Gasteiger partial charge in [0.1, 0.15) is 55.4 Å². The number of unbranched alkanes of at least 4 members (excludes halogenated alkanes) is 24. The molecule has 2 fully saturated rings. The van der Waals surface area contributed by atoms with Crippen LogP contribution in [0.5, 0.6) is 0 Å². The number of rotatable bonds is 42. The first kappa shape index (κ1) is 62.1. The van der Waals surface area contributed by atoms with Crippen LogP contribution in [-0.2, 0) is 38.0 Å². The molecule has 7 N–H and O–H groups in total. The van der Waals surface area contributed by atoms with Crippen molar-refractivity contribution in [2.45, 2.75) is 274 Å². The van der Waals surface area contributed by atoms with Crippen LogP contribution in [0.25, 0.3) is 0 Å². The second-order valence-corrected chi connectivity index (χ2v) is 19.0. The number of aliphatic hydroxyl groups excluding tert-OH is 7. The zero-order chi connectivity index (χ0) is 49.6. The van der Waals surface area contributed by atoms with Crippen molar-refractivity contribution in [3.8, 4) is 0 Å². The first-order chi connectivity index (χ1) is 33.0. The zero-order valence-electron chi connectivity index (χ0n) is 42.1. The van der Waals surface area contributed by atoms with Gasteiger partial charge < -0.3 is 64.2 Å². The van der Waals surface area contributed by atoms with Gasteiger partial charge >= 0.3 is 11.9 Å². The molecule has 0 bridgehead atoms. The lowest BCUT2D eigenvalue weighted by Gasteiger charge is -2.42. The lowest BCUT2D eigenvalue weighted by atomic mass is 9.98. The van der Waals surface area contributed by atoms with Gasteiger partial charge in [0.15, 0.2) is 18.7 Å². The van der Waals surface area contributed by atoms with Crippen LogP contribution < -0.4 is 0 Å². The van der Waals surface area contributed by atoms with Crippen LogP contribution in [0.4, 0.5) is 0 Å². The largest absolute Gasteiger partial charge is 0.462 e. The van der Waals surface area contributed by atoms with Gasteiger partial charge in [0.2, 0.25) is 0 Å². The molecule has 11 atom stereocenters. The second-order valence-electron chi connectivity index (χ2n) is 19.0. The highest BCUT2D eigenvalue weighted by atomic mass is 16.7. The van der Waals surface area contributed by atoms with E-state index in [0.717, 1.165) is 51.4 Å². The van der Waals surface area contributed by atoms with Gasteiger partial charge in [-0.05, 0) is 64.2 Å². The van der Waals surface area contributed by atoms with Crippen LogP contribution in [0.2, 0.25) is 0 Å². The average Bonchev–Trinajstić information content (AvgIpc) is 3.33. The fraction of sp³-hybridized carbons (Fsp3) is 0.887. The molecule has 0 aromatic heterocycles. The second kappa shape index (κ2) is 40.6. The number of hydrogen-bond acceptors (Lipinski definition) is 15. The van der Waals surface area contributed by atoms with Gasteiger partial charge in [0, 0.05) is 12.8 Å². The Hall–Kier alpha value is -2.02. The molecule has 0 amide bonds. The van der Waals surface area contributed by atoms with Crippen LogP contribution in [-0.4, -0.2) is 142 Å². The number of ether oxygens (including phenoxy) is 6. The van der Waals surface area contributed by atoms with Gasteiger partial charge in [0.05, 0.1) is 19.8 Å². The van der Waals surface area contributed by atoms with Gasteiger partial charge in [0.25, 0.3) is 0 Å². The highest BCUT2D eigenvalue weighted by Crippen LogP contribution is 2.26. The van der Waals surface area contributed by atoms with E-state index in [1.165, 1.54) is 116 Å². The summed E-state index contributed by atoms with van der Waals surface area (Å²) in [6.07, 6.45) is 24.9. The lowest BCUT2D eigenvalue weighted by Crippen LogP contribution is -2.61. The van der Waals surface area contributed by atoms with Crippen molar-refractivity contribution in [1.82, 2.24) is 0 Å². The van der Waals surface area contributed by atoms with Gasteiger partial charge in [-0.25, -0.2) is 0 Å². The smallest absolute Gasteiger partial charge is 0.306 e. The quantitative estimate of drug-likeness (QED) is 0.0175. The van der Waals surface area contributed by atoms with E-state index in [-0.39, 0.29) is 26.1 Å². The SMILES string of the molecule is CCCCCCCC/C=C/CCCCCCCCCC(=O)OC[C@@H](CO[C@@H]1O[C@H](CO[C@@H]2O[C@H](CO)[C@H](O)C(O)C2O)[C@H](O)C(O)C1O)OC(=O)CCCCC/C=C/CCCCCCCCCC. The minimum absolute atomic E-state index is 0.146. The van der Waals surface area contributed by atoms with Crippen molar-refractivity contribution >= 4 is 11.9 Å². The topological polar surface area (TPSA) is 231 Å². The number of hydrogen-bond donors (Lipinski definition) is 7. The van der Waals surface area contributed by atoms with Gasteiger partial charge in [-0.2, -0.15) is 0 Å². The minimum atomic E-state index is -1.77. The molecule has 2 saturated heterocycles. The minimum Gasteiger partial charge on any atom is -0.462 e. The standard InChI is InChI=1S/C53H96O15/c1-3-5-7-9-11-13-15-17-19-20-22-23-25-27-29-31-33-35-44(55)63-38-41(66-45(56)36-34-32-30-28-26-24-21-18-16-14-12-10-8-6-4-2)39-64-52-51(62)49(60)47(58)43(68-52)40-65-53-50(61)48(59)46(57)42(37-54)67-53/h17,19,24,26,41-43,46-54,57-62H,3-16,18,20-23,25,27-40H2,1-2H3/b19-17+,26-24+/t41-,42+,43+,46-,47-,48?,49?,50?,51?,52+,53+/m0/s1. The van der Waals surface area contributed by atoms with E-state index in [2.05, 4.69) is 38.2 Å². The fourth-order valence-electron chi connectivity index (χ4n) is 8.44. The Morgan fingerprint density at radius 1 is 0.456 bits per heavy atom. The molecule has 2 aliphatic heterocycles. The van der Waals surface area contributed by atoms with Crippen molar-refractivity contribution in [2.75, 3.05) is 26.4 Å². The normalized spacial score (nSPS) is 25.9. The van der Waals surface area contributed by atoms with Crippen molar-refractivity contribution in [3.05, 3.63) is 24.3 Å². The Labute approximate surface area is 409 Å². The number of esters is 2. The summed E-state index contributed by atoms with van der Waals surface area (Å²) in [5.74, 6) is -0.942. The summed E-state index contributed by atoms with van der Waals surface area (Å²) in [5.41, 5.74) is 0. The summed E-state index contributed by atoms with van der Waals surface area (Å²) in [7, 11) is 0. The van der Waals surface area contributed by atoms with Crippen LogP contribution in [0.3, 0.4) is 0 Å². The molecular formula is C53H96O15. The number of aliphatic hydroxyl groups is 7. The Balaban J connectivity index is 1.80. The average molecular weight is 973 g/mol. The zero-order valence-corrected chi connectivity index (χ0v) is 42.1. The summed E-state index contributed by atoms with van der Waals surface area (Å²) in [5, 5.41) is 72.1. The third-order valence-electron chi connectivity index (χ3n) is 12.9. The maximum absolute atomic E-state index is 13.0. The monoisotopic (exact) mass is 973 g/mol. The molecule has 0 aromatic rings. The van der Waals surface area contributed by atoms with E-state index >= 15 is 0 Å². The highest BCUT2D eigenvalue weighted by molar-refractivity contribution is 5.70. The third-order valence-corrected chi connectivity index (χ3v) is 12.9. The van der Waals surface area contributed by atoms with E-state index in [1.807, 2.05) is 0 Å². The molecule has 0 saturated carbocycles. The van der Waals surface area contributed by atoms with E-state index in [9.17, 15) is 45.3 Å². The number of allylic oxidation sites excluding steroid dienone is 4. The molecule has 15 nitrogen and oxygen atoms in total. The predicted molar refractivity (Wildman–Crippen MR) is 261 cm³/mol. The molecule has 2 heterocycles. The maximum atomic E-state index is 13.0. The van der Waals surface area contributed by atoms with Gasteiger partial charge in [-0.1, -0.05) is 154 Å². The molecule has 68 heavy (non-hydrogen) atoms. The van der Waals surface area contributed by atoms with Crippen molar-refractivity contribution in [3.63, 3.8) is 0 Å². The summed E-state index contributed by atoms with van der Waals surface area (Å²) in [4.78, 5) is 25.8. The molecule has 15 heteroatoms. The summed E-state index contributed by atoms with van der Waals surface area (Å²) < 4.78 is 33.6. The van der Waals surface area contributed by atoms with E-state index in [0.29, 0.717) is 12.8 Å². The van der Waals surface area contributed by atoms with Crippen LogP contribution >= 0.6 is 0 Å². The Kier molecular flexibility index (Phi) is 37.0. The van der Waals surface area contributed by atoms with E-state index in [1.54, 1.807) is 0 Å². The molecule has 2 rings (SSSR count). The fourth-order valence-corrected chi connectivity index (χ4v) is 8.44. The summed E-state index contributed by atoms with van der Waals surface area (Å²) in [6, 6.07) is 0. The van der Waals surface area contributed by atoms with Gasteiger partial charge in [-0.3, -0.25) is 9.59 Å². The predicted octanol–water partition coefficient (Wildman–Crippen LogP) is 7.94. The van der Waals surface area contributed by atoms with E-state index < -0.39 is 92.7 Å². The van der Waals surface area contributed by atoms with E-state index in [4.69, 9.17) is 28.4 Å². The van der Waals surface area contributed by atoms with Crippen LogP contribution in [0, 0.1) is 0 Å². The van der Waals surface area contributed by atoms with Crippen molar-refractivity contribution in [1.29, 1.82) is 0 Å².